The summed E-state index contributed by atoms with van der Waals surface area (Å²) in [5.74, 6) is 1.99. The lowest BCUT2D eigenvalue weighted by atomic mass is 10.2. The highest BCUT2D eigenvalue weighted by Gasteiger charge is 2.09. The number of hydrazone groups is 1. The molecule has 1 N–H and O–H groups in total. The number of nitrogens with zero attached hydrogens (tertiary/aromatic N) is 3. The number of benzene rings is 1. The summed E-state index contributed by atoms with van der Waals surface area (Å²) in [6.07, 6.45) is 6.23. The van der Waals surface area contributed by atoms with E-state index in [0.717, 1.165) is 12.0 Å². The summed E-state index contributed by atoms with van der Waals surface area (Å²) in [6, 6.07) is 7.52. The largest absolute Gasteiger partial charge is 0.493 e. The second-order valence-electron chi connectivity index (χ2n) is 5.71. The molecule has 26 heavy (non-hydrogen) atoms. The minimum Gasteiger partial charge on any atom is -0.493 e. The van der Waals surface area contributed by atoms with E-state index in [4.69, 9.17) is 19.2 Å². The minimum atomic E-state index is 0.170. The summed E-state index contributed by atoms with van der Waals surface area (Å²) in [5.41, 5.74) is 3.68. The lowest BCUT2D eigenvalue weighted by Gasteiger charge is -2.11. The van der Waals surface area contributed by atoms with Crippen molar-refractivity contribution in [3.63, 3.8) is 0 Å². The van der Waals surface area contributed by atoms with Gasteiger partial charge in [-0.2, -0.15) is 10.4 Å². The van der Waals surface area contributed by atoms with Gasteiger partial charge < -0.3 is 13.9 Å². The second kappa shape index (κ2) is 10.1. The summed E-state index contributed by atoms with van der Waals surface area (Å²) >= 11 is 0. The maximum absolute atomic E-state index is 8.97. The SMILES string of the molecule is CCCCCCOc1ccc(/C=N/Nc2oc(C)nc2C#N)cc1OC. The fourth-order valence-corrected chi connectivity index (χ4v) is 2.34. The van der Waals surface area contributed by atoms with E-state index >= 15 is 0 Å². The van der Waals surface area contributed by atoms with Crippen molar-refractivity contribution < 1.29 is 13.9 Å². The van der Waals surface area contributed by atoms with Gasteiger partial charge in [0.05, 0.1) is 19.9 Å². The van der Waals surface area contributed by atoms with E-state index in [-0.39, 0.29) is 11.6 Å². The molecule has 0 aliphatic heterocycles. The van der Waals surface area contributed by atoms with Crippen molar-refractivity contribution in [3.8, 4) is 17.6 Å². The zero-order chi connectivity index (χ0) is 18.8. The van der Waals surface area contributed by atoms with Gasteiger partial charge in [-0.3, -0.25) is 0 Å². The Balaban J connectivity index is 1.96. The number of oxazole rings is 1. The molecular weight excluding hydrogens is 332 g/mol. The summed E-state index contributed by atoms with van der Waals surface area (Å²) < 4.78 is 16.5. The summed E-state index contributed by atoms with van der Waals surface area (Å²) in [5, 5.41) is 13.0. The molecule has 0 saturated heterocycles. The van der Waals surface area contributed by atoms with E-state index in [1.54, 1.807) is 20.2 Å². The van der Waals surface area contributed by atoms with Crippen LogP contribution in [-0.4, -0.2) is 24.9 Å². The molecule has 0 unspecified atom stereocenters. The van der Waals surface area contributed by atoms with Crippen LogP contribution >= 0.6 is 0 Å². The molecule has 0 amide bonds. The van der Waals surface area contributed by atoms with Crippen LogP contribution < -0.4 is 14.9 Å². The molecule has 0 radical (unpaired) electrons. The van der Waals surface area contributed by atoms with Crippen molar-refractivity contribution >= 4 is 12.1 Å². The number of unbranched alkanes of at least 4 members (excludes halogenated alkanes) is 3. The molecule has 0 aliphatic rings. The first-order valence-corrected chi connectivity index (χ1v) is 8.65. The van der Waals surface area contributed by atoms with Gasteiger partial charge in [-0.25, -0.2) is 10.4 Å². The van der Waals surface area contributed by atoms with Crippen LogP contribution in [0.5, 0.6) is 11.5 Å². The molecule has 0 saturated carbocycles. The number of methoxy groups -OCH3 is 1. The van der Waals surface area contributed by atoms with Crippen LogP contribution in [0.2, 0.25) is 0 Å². The van der Waals surface area contributed by atoms with Gasteiger partial charge in [0.15, 0.2) is 17.4 Å². The number of nitrogens with one attached hydrogen (secondary N) is 1. The van der Waals surface area contributed by atoms with E-state index in [0.29, 0.717) is 24.0 Å². The minimum absolute atomic E-state index is 0.170. The second-order valence-corrected chi connectivity index (χ2v) is 5.71. The lowest BCUT2D eigenvalue weighted by Crippen LogP contribution is -2.00. The van der Waals surface area contributed by atoms with Crippen LogP contribution in [-0.2, 0) is 0 Å². The first-order valence-electron chi connectivity index (χ1n) is 8.65. The third-order valence-electron chi connectivity index (χ3n) is 3.66. The first kappa shape index (κ1) is 19.3. The fraction of sp³-hybridized carbons (Fsp3) is 0.421. The van der Waals surface area contributed by atoms with Gasteiger partial charge in [-0.15, -0.1) is 0 Å². The fourth-order valence-electron chi connectivity index (χ4n) is 2.34. The molecule has 2 rings (SSSR count). The number of aromatic nitrogens is 1. The Kier molecular flexibility index (Phi) is 7.49. The Bertz CT molecular complexity index is 778. The van der Waals surface area contributed by atoms with Crippen LogP contribution in [0, 0.1) is 18.3 Å². The molecular formula is C19H24N4O3. The Morgan fingerprint density at radius 1 is 1.31 bits per heavy atom. The Morgan fingerprint density at radius 2 is 2.15 bits per heavy atom. The van der Waals surface area contributed by atoms with E-state index in [2.05, 4.69) is 22.4 Å². The smallest absolute Gasteiger partial charge is 0.252 e. The third-order valence-corrected chi connectivity index (χ3v) is 3.66. The van der Waals surface area contributed by atoms with Crippen LogP contribution in [0.4, 0.5) is 5.88 Å². The molecule has 138 valence electrons. The number of rotatable bonds is 10. The van der Waals surface area contributed by atoms with Gasteiger partial charge in [-0.1, -0.05) is 26.2 Å². The zero-order valence-corrected chi connectivity index (χ0v) is 15.4. The molecule has 7 heteroatoms. The van der Waals surface area contributed by atoms with Crippen molar-refractivity contribution in [1.29, 1.82) is 5.26 Å². The van der Waals surface area contributed by atoms with E-state index in [1.165, 1.54) is 19.3 Å². The summed E-state index contributed by atoms with van der Waals surface area (Å²) in [4.78, 5) is 3.94. The number of aryl methyl sites for hydroxylation is 1. The Labute approximate surface area is 153 Å². The molecule has 7 nitrogen and oxygen atoms in total. The van der Waals surface area contributed by atoms with Gasteiger partial charge in [-0.05, 0) is 30.2 Å². The van der Waals surface area contributed by atoms with E-state index < -0.39 is 0 Å². The Hall–Kier alpha value is -3.01. The van der Waals surface area contributed by atoms with Gasteiger partial charge in [0, 0.05) is 6.92 Å². The Morgan fingerprint density at radius 3 is 2.88 bits per heavy atom. The average molecular weight is 356 g/mol. The zero-order valence-electron chi connectivity index (χ0n) is 15.4. The van der Waals surface area contributed by atoms with Crippen molar-refractivity contribution in [1.82, 2.24) is 4.98 Å². The van der Waals surface area contributed by atoms with Crippen LogP contribution in [0.25, 0.3) is 0 Å². The maximum atomic E-state index is 8.97. The highest BCUT2D eigenvalue weighted by atomic mass is 16.5. The third kappa shape index (κ3) is 5.52. The molecule has 1 aromatic heterocycles. The molecule has 0 spiro atoms. The highest BCUT2D eigenvalue weighted by molar-refractivity contribution is 5.81. The van der Waals surface area contributed by atoms with Crippen molar-refractivity contribution in [2.75, 3.05) is 19.1 Å². The van der Waals surface area contributed by atoms with Crippen LogP contribution in [0.15, 0.2) is 27.7 Å². The van der Waals surface area contributed by atoms with E-state index in [1.807, 2.05) is 24.3 Å². The molecule has 0 aliphatic carbocycles. The predicted molar refractivity (Wildman–Crippen MR) is 99.8 cm³/mol. The van der Waals surface area contributed by atoms with Gasteiger partial charge in [0.2, 0.25) is 5.69 Å². The summed E-state index contributed by atoms with van der Waals surface area (Å²) in [6.45, 7) is 4.53. The van der Waals surface area contributed by atoms with Gasteiger partial charge >= 0.3 is 0 Å². The van der Waals surface area contributed by atoms with Crippen LogP contribution in [0.1, 0.15) is 49.8 Å². The van der Waals surface area contributed by atoms with Gasteiger partial charge in [0.25, 0.3) is 5.88 Å². The lowest BCUT2D eigenvalue weighted by molar-refractivity contribution is 0.285. The number of anilines is 1. The van der Waals surface area contributed by atoms with Crippen molar-refractivity contribution in [2.45, 2.75) is 39.5 Å². The number of hydrogen-bond donors (Lipinski definition) is 1. The standard InChI is InChI=1S/C19H24N4O3/c1-4-5-6-7-10-25-17-9-8-15(11-18(17)24-3)13-21-23-19-16(12-20)22-14(2)26-19/h8-9,11,13,23H,4-7,10H2,1-3H3/b21-13+. The van der Waals surface area contributed by atoms with Crippen LogP contribution in [0.3, 0.4) is 0 Å². The van der Waals surface area contributed by atoms with Crippen molar-refractivity contribution in [2.24, 2.45) is 5.10 Å². The summed E-state index contributed by atoms with van der Waals surface area (Å²) in [7, 11) is 1.61. The van der Waals surface area contributed by atoms with E-state index in [9.17, 15) is 0 Å². The molecule has 2 aromatic rings. The molecule has 0 bridgehead atoms. The molecule has 0 fully saturated rings. The topological polar surface area (TPSA) is 92.7 Å². The normalized spacial score (nSPS) is 10.7. The monoisotopic (exact) mass is 356 g/mol. The quantitative estimate of drug-likeness (QED) is 0.388. The maximum Gasteiger partial charge on any atom is 0.252 e. The highest BCUT2D eigenvalue weighted by Crippen LogP contribution is 2.28. The number of nitriles is 1. The predicted octanol–water partition coefficient (Wildman–Crippen LogP) is 4.27. The molecule has 0 atom stereocenters. The molecule has 1 heterocycles. The van der Waals surface area contributed by atoms with Gasteiger partial charge in [0.1, 0.15) is 6.07 Å². The first-order chi connectivity index (χ1) is 12.7. The average Bonchev–Trinajstić information content (AvgIpc) is 3.02. The number of ether oxygens (including phenoxy) is 2. The molecule has 1 aromatic carbocycles. The van der Waals surface area contributed by atoms with Crippen molar-refractivity contribution in [3.05, 3.63) is 35.3 Å². The number of hydrogen-bond acceptors (Lipinski definition) is 7.